The molecule has 0 aliphatic heterocycles. The molecule has 10 nitrogen and oxygen atoms in total. The maximum Gasteiger partial charge on any atom is 0.439 e. The fourth-order valence-corrected chi connectivity index (χ4v) is 2.08. The van der Waals surface area contributed by atoms with E-state index in [0.29, 0.717) is 15.6 Å². The van der Waals surface area contributed by atoms with Gasteiger partial charge in [0, 0.05) is 0 Å². The summed E-state index contributed by atoms with van der Waals surface area (Å²) < 4.78 is 20.2. The first-order chi connectivity index (χ1) is 14.2. The van der Waals surface area contributed by atoms with Gasteiger partial charge in [-0.25, -0.2) is 14.4 Å². The van der Waals surface area contributed by atoms with Crippen molar-refractivity contribution < 1.29 is 38.1 Å². The van der Waals surface area contributed by atoms with Gasteiger partial charge in [0.2, 0.25) is 0 Å². The summed E-state index contributed by atoms with van der Waals surface area (Å²) in [5.41, 5.74) is -1.33. The maximum absolute atomic E-state index is 12.8. The van der Waals surface area contributed by atoms with Crippen molar-refractivity contribution in [1.29, 1.82) is 0 Å². The van der Waals surface area contributed by atoms with Gasteiger partial charge in [0.1, 0.15) is 24.4 Å². The molecule has 0 N–H and O–H groups in total. The summed E-state index contributed by atoms with van der Waals surface area (Å²) >= 11 is 0. The van der Waals surface area contributed by atoms with Crippen LogP contribution in [0.15, 0.2) is 30.3 Å². The lowest BCUT2D eigenvalue weighted by Gasteiger charge is -2.33. The number of hydrogen-bond acceptors (Lipinski definition) is 8. The van der Waals surface area contributed by atoms with Crippen LogP contribution < -0.4 is 0 Å². The summed E-state index contributed by atoms with van der Waals surface area (Å²) in [7, 11) is 1.10. The Balaban J connectivity index is 3.24. The Morgan fingerprint density at radius 1 is 0.806 bits per heavy atom. The molecule has 0 unspecified atom stereocenters. The number of imide groups is 1. The molecule has 1 aromatic carbocycles. The van der Waals surface area contributed by atoms with E-state index in [1.807, 2.05) is 0 Å². The Morgan fingerprint density at radius 2 is 1.29 bits per heavy atom. The molecule has 10 heteroatoms. The first kappa shape index (κ1) is 25.7. The molecule has 1 aromatic rings. The Kier molecular flexibility index (Phi) is 8.84. The van der Waals surface area contributed by atoms with Gasteiger partial charge >= 0.3 is 24.2 Å². The average Bonchev–Trinajstić information content (AvgIpc) is 2.63. The Hall–Kier alpha value is -3.30. The van der Waals surface area contributed by atoms with Crippen LogP contribution in [0.1, 0.15) is 47.1 Å². The van der Waals surface area contributed by atoms with E-state index < -0.39 is 42.0 Å². The van der Waals surface area contributed by atoms with Crippen LogP contribution in [-0.4, -0.2) is 59.1 Å². The first-order valence-corrected chi connectivity index (χ1v) is 9.54. The molecule has 0 bridgehead atoms. The van der Waals surface area contributed by atoms with Crippen LogP contribution >= 0.6 is 0 Å². The van der Waals surface area contributed by atoms with E-state index >= 15 is 0 Å². The van der Waals surface area contributed by atoms with E-state index in [4.69, 9.17) is 14.2 Å². The van der Waals surface area contributed by atoms with Gasteiger partial charge in [-0.05, 0) is 47.1 Å². The molecule has 0 atom stereocenters. The van der Waals surface area contributed by atoms with Crippen molar-refractivity contribution >= 4 is 24.2 Å². The minimum Gasteiger partial charge on any atom is -0.468 e. The number of esters is 1. The fourth-order valence-electron chi connectivity index (χ4n) is 2.08. The highest BCUT2D eigenvalue weighted by Crippen LogP contribution is 2.18. The van der Waals surface area contributed by atoms with Crippen molar-refractivity contribution in [3.63, 3.8) is 0 Å². The molecule has 0 heterocycles. The van der Waals surface area contributed by atoms with Crippen LogP contribution in [0.3, 0.4) is 0 Å². The SMILES string of the molecule is COC(=O)CN(C(=O)OCc1ccccc1)N(C(=O)OC(C)(C)C)C(=O)OC(C)(C)C. The van der Waals surface area contributed by atoms with E-state index in [1.165, 1.54) is 0 Å². The van der Waals surface area contributed by atoms with Crippen molar-refractivity contribution in [2.75, 3.05) is 13.7 Å². The molecule has 0 spiro atoms. The highest BCUT2D eigenvalue weighted by atomic mass is 16.6. The quantitative estimate of drug-likeness (QED) is 0.395. The lowest BCUT2D eigenvalue weighted by atomic mass is 10.2. The van der Waals surface area contributed by atoms with Crippen molar-refractivity contribution in [3.05, 3.63) is 35.9 Å². The van der Waals surface area contributed by atoms with Gasteiger partial charge < -0.3 is 18.9 Å². The number of hydrogen-bond donors (Lipinski definition) is 0. The zero-order valence-corrected chi connectivity index (χ0v) is 19.0. The van der Waals surface area contributed by atoms with Crippen LogP contribution in [0.5, 0.6) is 0 Å². The lowest BCUT2D eigenvalue weighted by Crippen LogP contribution is -2.56. The van der Waals surface area contributed by atoms with Crippen LogP contribution in [0.4, 0.5) is 14.4 Å². The second-order valence-corrected chi connectivity index (χ2v) is 8.45. The molecule has 172 valence electrons. The summed E-state index contributed by atoms with van der Waals surface area (Å²) in [6, 6.07) is 8.74. The van der Waals surface area contributed by atoms with Gasteiger partial charge in [0.15, 0.2) is 0 Å². The number of ether oxygens (including phenoxy) is 4. The van der Waals surface area contributed by atoms with Crippen molar-refractivity contribution in [2.45, 2.75) is 59.4 Å². The Morgan fingerprint density at radius 3 is 1.71 bits per heavy atom. The number of carbonyl (C=O) groups is 4. The average molecular weight is 438 g/mol. The molecular weight excluding hydrogens is 408 g/mol. The molecule has 1 rings (SSSR count). The predicted molar refractivity (Wildman–Crippen MR) is 110 cm³/mol. The third-order valence-electron chi connectivity index (χ3n) is 3.30. The molecule has 0 radical (unpaired) electrons. The summed E-state index contributed by atoms with van der Waals surface area (Å²) in [5.74, 6) is -0.895. The number of rotatable bonds is 4. The third-order valence-corrected chi connectivity index (χ3v) is 3.30. The van der Waals surface area contributed by atoms with Crippen LogP contribution in [0.25, 0.3) is 0 Å². The molecular formula is C21H30N2O8. The normalized spacial score (nSPS) is 11.2. The standard InChI is InChI=1S/C21H30N2O8/c1-20(2,3)30-18(26)23(19(27)31-21(4,5)6)22(13-16(24)28-7)17(25)29-14-15-11-9-8-10-12-15/h8-12H,13-14H2,1-7H3. The molecule has 31 heavy (non-hydrogen) atoms. The number of benzene rings is 1. The van der Waals surface area contributed by atoms with Crippen molar-refractivity contribution in [1.82, 2.24) is 10.0 Å². The zero-order valence-electron chi connectivity index (χ0n) is 19.0. The second kappa shape index (κ2) is 10.6. The molecule has 0 fully saturated rings. The van der Waals surface area contributed by atoms with E-state index in [0.717, 1.165) is 7.11 Å². The first-order valence-electron chi connectivity index (χ1n) is 9.54. The van der Waals surface area contributed by atoms with E-state index in [1.54, 1.807) is 71.9 Å². The summed E-state index contributed by atoms with van der Waals surface area (Å²) in [6.45, 7) is 8.53. The topological polar surface area (TPSA) is 112 Å². The van der Waals surface area contributed by atoms with Crippen LogP contribution in [-0.2, 0) is 30.3 Å². The smallest absolute Gasteiger partial charge is 0.439 e. The van der Waals surface area contributed by atoms with Crippen molar-refractivity contribution in [3.8, 4) is 0 Å². The summed E-state index contributed by atoms with van der Waals surface area (Å²) in [5, 5.41) is 0.775. The Labute approximate surface area is 181 Å². The molecule has 0 aliphatic rings. The maximum atomic E-state index is 12.8. The second-order valence-electron chi connectivity index (χ2n) is 8.45. The van der Waals surface area contributed by atoms with Gasteiger partial charge in [-0.1, -0.05) is 30.3 Å². The molecule has 0 saturated carbocycles. The van der Waals surface area contributed by atoms with Gasteiger partial charge in [0.25, 0.3) is 0 Å². The largest absolute Gasteiger partial charge is 0.468 e. The summed E-state index contributed by atoms with van der Waals surface area (Å²) in [4.78, 5) is 50.3. The number of methoxy groups -OCH3 is 1. The number of hydrazine groups is 1. The van der Waals surface area contributed by atoms with Gasteiger partial charge in [-0.3, -0.25) is 4.79 Å². The third kappa shape index (κ3) is 9.37. The molecule has 3 amide bonds. The van der Waals surface area contributed by atoms with Crippen molar-refractivity contribution in [2.24, 2.45) is 0 Å². The van der Waals surface area contributed by atoms with E-state index in [2.05, 4.69) is 4.74 Å². The zero-order chi connectivity index (χ0) is 23.8. The van der Waals surface area contributed by atoms with Crippen LogP contribution in [0.2, 0.25) is 0 Å². The number of nitrogens with zero attached hydrogens (tertiary/aromatic N) is 2. The monoisotopic (exact) mass is 438 g/mol. The number of amides is 3. The number of carbonyl (C=O) groups excluding carboxylic acids is 4. The van der Waals surface area contributed by atoms with E-state index in [9.17, 15) is 19.2 Å². The minimum atomic E-state index is -1.22. The Bertz CT molecular complexity index is 753. The molecule has 0 saturated heterocycles. The van der Waals surface area contributed by atoms with E-state index in [-0.39, 0.29) is 6.61 Å². The minimum absolute atomic E-state index is 0.159. The molecule has 0 aliphatic carbocycles. The van der Waals surface area contributed by atoms with Gasteiger partial charge in [-0.15, -0.1) is 5.01 Å². The van der Waals surface area contributed by atoms with Crippen LogP contribution in [0, 0.1) is 0 Å². The molecule has 0 aromatic heterocycles. The highest BCUT2D eigenvalue weighted by Gasteiger charge is 2.40. The van der Waals surface area contributed by atoms with Gasteiger partial charge in [0.05, 0.1) is 7.11 Å². The highest BCUT2D eigenvalue weighted by molar-refractivity contribution is 5.91. The summed E-state index contributed by atoms with van der Waals surface area (Å²) in [6.07, 6.45) is -3.59. The van der Waals surface area contributed by atoms with Gasteiger partial charge in [-0.2, -0.15) is 5.01 Å². The fraction of sp³-hybridized carbons (Fsp3) is 0.524. The lowest BCUT2D eigenvalue weighted by molar-refractivity contribution is -0.145. The predicted octanol–water partition coefficient (Wildman–Crippen LogP) is 3.89.